The fraction of sp³-hybridized carbons (Fsp3) is 0.682. The minimum atomic E-state index is 0.403. The molecule has 1 aromatic rings. The number of hydrogen-bond donors (Lipinski definition) is 2. The van der Waals surface area contributed by atoms with Crippen molar-refractivity contribution in [1.82, 2.24) is 15.5 Å². The van der Waals surface area contributed by atoms with Crippen LogP contribution >= 0.6 is 0 Å². The van der Waals surface area contributed by atoms with E-state index in [1.165, 1.54) is 44.3 Å². The molecule has 2 fully saturated rings. The third-order valence-corrected chi connectivity index (χ3v) is 6.02. The predicted octanol–water partition coefficient (Wildman–Crippen LogP) is 3.20. The SMILES string of the molecule is CCOCCC1(CNC(=NC)NCC(c2ccccc2)N2CCCC2)CC1. The molecule has 0 radical (unpaired) electrons. The maximum absolute atomic E-state index is 5.55. The molecule has 1 heterocycles. The maximum atomic E-state index is 5.55. The zero-order valence-electron chi connectivity index (χ0n) is 17.0. The van der Waals surface area contributed by atoms with Crippen molar-refractivity contribution < 1.29 is 4.74 Å². The normalized spacial score (nSPS) is 20.4. The Labute approximate surface area is 164 Å². The summed E-state index contributed by atoms with van der Waals surface area (Å²) in [6.45, 7) is 7.99. The van der Waals surface area contributed by atoms with E-state index in [1.54, 1.807) is 0 Å². The van der Waals surface area contributed by atoms with Crippen LogP contribution in [0.25, 0.3) is 0 Å². The first-order valence-corrected chi connectivity index (χ1v) is 10.6. The second-order valence-electron chi connectivity index (χ2n) is 7.92. The van der Waals surface area contributed by atoms with Gasteiger partial charge in [-0.1, -0.05) is 30.3 Å². The molecule has 1 aromatic carbocycles. The van der Waals surface area contributed by atoms with E-state index in [-0.39, 0.29) is 0 Å². The first kappa shape index (κ1) is 20.2. The van der Waals surface area contributed by atoms with Crippen LogP contribution in [-0.2, 0) is 4.74 Å². The minimum absolute atomic E-state index is 0.403. The molecule has 1 saturated carbocycles. The van der Waals surface area contributed by atoms with Crippen LogP contribution in [0.4, 0.5) is 0 Å². The summed E-state index contributed by atoms with van der Waals surface area (Å²) < 4.78 is 5.55. The zero-order valence-corrected chi connectivity index (χ0v) is 17.0. The largest absolute Gasteiger partial charge is 0.382 e. The molecule has 1 saturated heterocycles. The lowest BCUT2D eigenvalue weighted by molar-refractivity contribution is 0.128. The van der Waals surface area contributed by atoms with Crippen molar-refractivity contribution in [3.8, 4) is 0 Å². The van der Waals surface area contributed by atoms with E-state index >= 15 is 0 Å². The third-order valence-electron chi connectivity index (χ3n) is 6.02. The van der Waals surface area contributed by atoms with Crippen LogP contribution in [-0.4, -0.2) is 57.3 Å². The van der Waals surface area contributed by atoms with Crippen molar-refractivity contribution in [2.24, 2.45) is 10.4 Å². The van der Waals surface area contributed by atoms with Crippen LogP contribution in [0, 0.1) is 5.41 Å². The highest BCUT2D eigenvalue weighted by atomic mass is 16.5. The molecule has 5 heteroatoms. The number of aliphatic imine (C=N–C) groups is 1. The quantitative estimate of drug-likeness (QED) is 0.376. The topological polar surface area (TPSA) is 48.9 Å². The Kier molecular flexibility index (Phi) is 7.53. The Morgan fingerprint density at radius 1 is 1.19 bits per heavy atom. The number of rotatable bonds is 10. The molecule has 1 unspecified atom stereocenters. The molecule has 1 aliphatic carbocycles. The van der Waals surface area contributed by atoms with Gasteiger partial charge in [0, 0.05) is 33.4 Å². The molecule has 1 aliphatic heterocycles. The predicted molar refractivity (Wildman–Crippen MR) is 112 cm³/mol. The second kappa shape index (κ2) is 10.1. The molecule has 3 rings (SSSR count). The summed E-state index contributed by atoms with van der Waals surface area (Å²) >= 11 is 0. The van der Waals surface area contributed by atoms with E-state index in [2.05, 4.69) is 57.8 Å². The maximum Gasteiger partial charge on any atom is 0.191 e. The first-order valence-electron chi connectivity index (χ1n) is 10.6. The summed E-state index contributed by atoms with van der Waals surface area (Å²) in [5.74, 6) is 0.915. The van der Waals surface area contributed by atoms with Crippen LogP contribution in [0.2, 0.25) is 0 Å². The lowest BCUT2D eigenvalue weighted by atomic mass is 10.0. The van der Waals surface area contributed by atoms with Crippen molar-refractivity contribution in [3.05, 3.63) is 35.9 Å². The molecule has 0 spiro atoms. The summed E-state index contributed by atoms with van der Waals surface area (Å²) in [5.41, 5.74) is 1.80. The van der Waals surface area contributed by atoms with E-state index in [9.17, 15) is 0 Å². The highest BCUT2D eigenvalue weighted by Gasteiger charge is 2.42. The molecule has 0 aromatic heterocycles. The average Bonchev–Trinajstić information content (AvgIpc) is 3.26. The van der Waals surface area contributed by atoms with Crippen molar-refractivity contribution in [2.45, 2.75) is 45.1 Å². The van der Waals surface area contributed by atoms with Crippen LogP contribution in [0.3, 0.4) is 0 Å². The first-order chi connectivity index (χ1) is 13.3. The van der Waals surface area contributed by atoms with Gasteiger partial charge in [-0.05, 0) is 63.1 Å². The van der Waals surface area contributed by atoms with Gasteiger partial charge in [-0.2, -0.15) is 0 Å². The van der Waals surface area contributed by atoms with Gasteiger partial charge >= 0.3 is 0 Å². The van der Waals surface area contributed by atoms with Crippen molar-refractivity contribution in [1.29, 1.82) is 0 Å². The number of nitrogens with zero attached hydrogens (tertiary/aromatic N) is 2. The molecule has 2 N–H and O–H groups in total. The summed E-state index contributed by atoms with van der Waals surface area (Å²) in [4.78, 5) is 7.05. The Morgan fingerprint density at radius 2 is 1.93 bits per heavy atom. The number of hydrogen-bond acceptors (Lipinski definition) is 3. The Balaban J connectivity index is 1.51. The highest BCUT2D eigenvalue weighted by molar-refractivity contribution is 5.79. The number of benzene rings is 1. The summed E-state index contributed by atoms with van der Waals surface area (Å²) in [6, 6.07) is 11.3. The van der Waals surface area contributed by atoms with E-state index in [4.69, 9.17) is 4.74 Å². The molecular formula is C22H36N4O. The van der Waals surface area contributed by atoms with Crippen molar-refractivity contribution >= 4 is 5.96 Å². The van der Waals surface area contributed by atoms with Crippen LogP contribution < -0.4 is 10.6 Å². The van der Waals surface area contributed by atoms with Crippen LogP contribution in [0.15, 0.2) is 35.3 Å². The van der Waals surface area contributed by atoms with Crippen molar-refractivity contribution in [3.63, 3.8) is 0 Å². The third kappa shape index (κ3) is 5.94. The number of nitrogens with one attached hydrogen (secondary N) is 2. The second-order valence-corrected chi connectivity index (χ2v) is 7.92. The van der Waals surface area contributed by atoms with Gasteiger partial charge < -0.3 is 15.4 Å². The lowest BCUT2D eigenvalue weighted by Crippen LogP contribution is -2.44. The lowest BCUT2D eigenvalue weighted by Gasteiger charge is -2.29. The zero-order chi connectivity index (χ0) is 19.0. The van der Waals surface area contributed by atoms with Gasteiger partial charge in [-0.25, -0.2) is 0 Å². The minimum Gasteiger partial charge on any atom is -0.382 e. The number of likely N-dealkylation sites (tertiary alicyclic amines) is 1. The molecule has 0 bridgehead atoms. The Morgan fingerprint density at radius 3 is 2.56 bits per heavy atom. The molecule has 0 amide bonds. The molecule has 1 atom stereocenters. The smallest absolute Gasteiger partial charge is 0.191 e. The van der Waals surface area contributed by atoms with Gasteiger partial charge in [0.2, 0.25) is 0 Å². The number of guanidine groups is 1. The molecule has 27 heavy (non-hydrogen) atoms. The number of ether oxygens (including phenoxy) is 1. The molecule has 5 nitrogen and oxygen atoms in total. The standard InChI is InChI=1S/C22H36N4O/c1-3-27-16-13-22(11-12-22)18-25-21(23-2)24-17-20(26-14-7-8-15-26)19-9-5-4-6-10-19/h4-6,9-10,20H,3,7-8,11-18H2,1-2H3,(H2,23,24,25). The van der Waals surface area contributed by atoms with Gasteiger partial charge in [0.05, 0.1) is 6.04 Å². The summed E-state index contributed by atoms with van der Waals surface area (Å²) in [7, 11) is 1.86. The van der Waals surface area contributed by atoms with E-state index in [1.807, 2.05) is 7.05 Å². The fourth-order valence-corrected chi connectivity index (χ4v) is 4.00. The van der Waals surface area contributed by atoms with Crippen LogP contribution in [0.5, 0.6) is 0 Å². The van der Waals surface area contributed by atoms with Gasteiger partial charge in [0.25, 0.3) is 0 Å². The summed E-state index contributed by atoms with van der Waals surface area (Å²) in [6.07, 6.45) is 6.34. The monoisotopic (exact) mass is 372 g/mol. The van der Waals surface area contributed by atoms with Gasteiger partial charge in [0.1, 0.15) is 0 Å². The van der Waals surface area contributed by atoms with Crippen molar-refractivity contribution in [2.75, 3.05) is 46.4 Å². The Hall–Kier alpha value is -1.59. The Bertz CT molecular complexity index is 579. The molecule has 2 aliphatic rings. The fourth-order valence-electron chi connectivity index (χ4n) is 4.00. The average molecular weight is 373 g/mol. The molecular weight excluding hydrogens is 336 g/mol. The summed E-state index contributed by atoms with van der Waals surface area (Å²) in [5, 5.41) is 7.14. The molecule has 150 valence electrons. The van der Waals surface area contributed by atoms with Gasteiger partial charge in [-0.15, -0.1) is 0 Å². The van der Waals surface area contributed by atoms with Gasteiger partial charge in [-0.3, -0.25) is 9.89 Å². The highest BCUT2D eigenvalue weighted by Crippen LogP contribution is 2.48. The van der Waals surface area contributed by atoms with E-state index in [0.29, 0.717) is 11.5 Å². The van der Waals surface area contributed by atoms with E-state index < -0.39 is 0 Å². The van der Waals surface area contributed by atoms with Gasteiger partial charge in [0.15, 0.2) is 5.96 Å². The van der Waals surface area contributed by atoms with E-state index in [0.717, 1.165) is 38.7 Å². The van der Waals surface area contributed by atoms with Crippen LogP contribution in [0.1, 0.15) is 50.6 Å².